The van der Waals surface area contributed by atoms with E-state index in [1.807, 2.05) is 92.7 Å². The number of nitrogens with zero attached hydrogens (tertiary/aromatic N) is 4. The fraction of sp³-hybridized carbons (Fsp3) is 0.0256. The van der Waals surface area contributed by atoms with Crippen LogP contribution in [0.15, 0.2) is 132 Å². The van der Waals surface area contributed by atoms with E-state index in [-0.39, 0.29) is 21.1 Å². The summed E-state index contributed by atoms with van der Waals surface area (Å²) < 4.78 is 14.7. The van der Waals surface area contributed by atoms with E-state index in [0.717, 1.165) is 66.5 Å². The molecule has 0 aliphatic carbocycles. The molecule has 7 heteroatoms. The van der Waals surface area contributed by atoms with Crippen LogP contribution in [0, 0.1) is 18.8 Å². The minimum atomic E-state index is 0. The molecule has 0 atom stereocenters. The fourth-order valence-corrected chi connectivity index (χ4v) is 6.19. The molecule has 0 unspecified atom stereocenters. The van der Waals surface area contributed by atoms with E-state index < -0.39 is 0 Å². The maximum atomic E-state index is 6.38. The fourth-order valence-electron chi connectivity index (χ4n) is 6.19. The van der Waals surface area contributed by atoms with Crippen molar-refractivity contribution < 1.29 is 30.2 Å². The van der Waals surface area contributed by atoms with E-state index in [1.54, 1.807) is 0 Å². The first-order valence-electron chi connectivity index (χ1n) is 14.8. The van der Waals surface area contributed by atoms with E-state index in [1.165, 1.54) is 0 Å². The third-order valence-electron chi connectivity index (χ3n) is 8.29. The van der Waals surface area contributed by atoms with Gasteiger partial charge in [-0.15, -0.1) is 41.4 Å². The molecule has 0 bridgehead atoms. The van der Waals surface area contributed by atoms with Gasteiger partial charge in [0.2, 0.25) is 0 Å². The summed E-state index contributed by atoms with van der Waals surface area (Å²) in [5.74, 6) is 1.95. The Balaban J connectivity index is 0.00000312. The molecule has 6 nitrogen and oxygen atoms in total. The summed E-state index contributed by atoms with van der Waals surface area (Å²) in [6.07, 6.45) is 4.00. The van der Waals surface area contributed by atoms with Crippen molar-refractivity contribution in [2.45, 2.75) is 0 Å². The SMILES string of the molecule is CN1[CH-]N(c2[c-]c(Oc3[c-]c4c(cc3)c3ccccc3n4-c3cc4oc5ccccc5c4cn3)ccc2)C=C1c1ccccc1.[Pt]. The van der Waals surface area contributed by atoms with Gasteiger partial charge in [-0.3, -0.25) is 0 Å². The molecule has 9 rings (SSSR count). The van der Waals surface area contributed by atoms with Crippen LogP contribution in [0.3, 0.4) is 0 Å². The third kappa shape index (κ3) is 4.65. The number of rotatable bonds is 5. The van der Waals surface area contributed by atoms with Crippen molar-refractivity contribution in [3.8, 4) is 17.3 Å². The van der Waals surface area contributed by atoms with Crippen molar-refractivity contribution in [1.82, 2.24) is 14.5 Å². The number of aromatic nitrogens is 2. The van der Waals surface area contributed by atoms with Gasteiger partial charge in [-0.25, -0.2) is 4.98 Å². The standard InChI is InChI=1S/C39H25N4O2.Pt/c1-41-25-42(24-36(41)26-10-3-2-4-11-26)27-12-9-13-28(20-27)44-29-18-19-31-30-14-5-7-16-34(30)43(35(31)21-29)39-22-38-33(23-40-39)32-15-6-8-17-37(32)45-38;/h2-19,22-25H,1H3;/q-3;. The summed E-state index contributed by atoms with van der Waals surface area (Å²) in [5, 5.41) is 4.23. The molecule has 3 aromatic heterocycles. The average Bonchev–Trinajstić information content (AvgIpc) is 3.76. The smallest absolute Gasteiger partial charge is 0.140 e. The quantitative estimate of drug-likeness (QED) is 0.163. The second kappa shape index (κ2) is 11.2. The van der Waals surface area contributed by atoms with Crippen molar-refractivity contribution in [3.63, 3.8) is 0 Å². The number of furan rings is 1. The molecular formula is C39H25N4O2Pt-3. The van der Waals surface area contributed by atoms with Crippen molar-refractivity contribution in [1.29, 1.82) is 0 Å². The van der Waals surface area contributed by atoms with E-state index >= 15 is 0 Å². The van der Waals surface area contributed by atoms with Gasteiger partial charge in [0.25, 0.3) is 0 Å². The third-order valence-corrected chi connectivity index (χ3v) is 8.29. The molecule has 1 aliphatic heterocycles. The van der Waals surface area contributed by atoms with Crippen molar-refractivity contribution >= 4 is 55.1 Å². The molecule has 0 saturated heterocycles. The predicted octanol–water partition coefficient (Wildman–Crippen LogP) is 9.34. The zero-order valence-electron chi connectivity index (χ0n) is 24.6. The van der Waals surface area contributed by atoms with Crippen LogP contribution in [-0.4, -0.2) is 21.5 Å². The maximum Gasteiger partial charge on any atom is 0.140 e. The Hall–Kier alpha value is -5.32. The van der Waals surface area contributed by atoms with Gasteiger partial charge >= 0.3 is 0 Å². The van der Waals surface area contributed by atoms with Gasteiger partial charge in [-0.05, 0) is 36.3 Å². The summed E-state index contributed by atoms with van der Waals surface area (Å²) in [7, 11) is 2.04. The summed E-state index contributed by atoms with van der Waals surface area (Å²) in [6.45, 7) is 2.04. The van der Waals surface area contributed by atoms with Crippen molar-refractivity contribution in [3.05, 3.63) is 152 Å². The Morgan fingerprint density at radius 1 is 0.717 bits per heavy atom. The maximum absolute atomic E-state index is 6.38. The normalized spacial score (nSPS) is 13.1. The molecule has 4 heterocycles. The number of hydrogen-bond donors (Lipinski definition) is 0. The second-order valence-corrected chi connectivity index (χ2v) is 11.1. The van der Waals surface area contributed by atoms with Crippen LogP contribution >= 0.6 is 0 Å². The van der Waals surface area contributed by atoms with E-state index in [2.05, 4.69) is 75.2 Å². The molecule has 0 radical (unpaired) electrons. The number of hydrogen-bond acceptors (Lipinski definition) is 5. The summed E-state index contributed by atoms with van der Waals surface area (Å²) >= 11 is 0. The molecule has 0 N–H and O–H groups in total. The predicted molar refractivity (Wildman–Crippen MR) is 179 cm³/mol. The van der Waals surface area contributed by atoms with Gasteiger partial charge in [0.15, 0.2) is 0 Å². The number of benzene rings is 5. The average molecular weight is 777 g/mol. The monoisotopic (exact) mass is 776 g/mol. The minimum Gasteiger partial charge on any atom is -0.509 e. The Kier molecular flexibility index (Phi) is 6.88. The molecule has 0 fully saturated rings. The van der Waals surface area contributed by atoms with Crippen LogP contribution in [0.2, 0.25) is 0 Å². The van der Waals surface area contributed by atoms with Gasteiger partial charge < -0.3 is 23.5 Å². The summed E-state index contributed by atoms with van der Waals surface area (Å²) in [5.41, 5.74) is 6.68. The Morgan fingerprint density at radius 2 is 1.50 bits per heavy atom. The van der Waals surface area contributed by atoms with E-state index in [9.17, 15) is 0 Å². The first kappa shape index (κ1) is 28.2. The minimum absolute atomic E-state index is 0. The molecule has 0 saturated carbocycles. The molecular weight excluding hydrogens is 752 g/mol. The summed E-state index contributed by atoms with van der Waals surface area (Å²) in [4.78, 5) is 9.05. The van der Waals surface area contributed by atoms with Gasteiger partial charge in [-0.2, -0.15) is 18.8 Å². The van der Waals surface area contributed by atoms with Crippen LogP contribution in [0.25, 0.3) is 55.3 Å². The van der Waals surface area contributed by atoms with E-state index in [4.69, 9.17) is 14.1 Å². The van der Waals surface area contributed by atoms with Crippen LogP contribution in [0.5, 0.6) is 11.5 Å². The zero-order valence-corrected chi connectivity index (χ0v) is 26.9. The second-order valence-electron chi connectivity index (χ2n) is 11.1. The van der Waals surface area contributed by atoms with E-state index in [0.29, 0.717) is 11.5 Å². The Labute approximate surface area is 280 Å². The number of anilines is 1. The molecule has 0 spiro atoms. The topological polar surface area (TPSA) is 46.7 Å². The van der Waals surface area contributed by atoms with Crippen molar-refractivity contribution in [2.75, 3.05) is 11.9 Å². The van der Waals surface area contributed by atoms with Gasteiger partial charge in [-0.1, -0.05) is 72.2 Å². The summed E-state index contributed by atoms with van der Waals surface area (Å²) in [6, 6.07) is 45.6. The van der Waals surface area contributed by atoms with Crippen LogP contribution < -0.4 is 9.64 Å². The Bertz CT molecular complexity index is 2430. The van der Waals surface area contributed by atoms with Gasteiger partial charge in [0.1, 0.15) is 17.0 Å². The number of ether oxygens (including phenoxy) is 1. The van der Waals surface area contributed by atoms with Crippen LogP contribution in [0.1, 0.15) is 5.56 Å². The first-order chi connectivity index (χ1) is 22.2. The molecule has 5 aromatic carbocycles. The Morgan fingerprint density at radius 3 is 2.39 bits per heavy atom. The molecule has 46 heavy (non-hydrogen) atoms. The largest absolute Gasteiger partial charge is 0.509 e. The molecule has 0 amide bonds. The number of pyridine rings is 1. The van der Waals surface area contributed by atoms with Crippen LogP contribution in [0.4, 0.5) is 5.69 Å². The first-order valence-corrected chi connectivity index (χ1v) is 14.8. The van der Waals surface area contributed by atoms with Gasteiger partial charge in [0.05, 0.1) is 0 Å². The molecule has 1 aliphatic rings. The zero-order chi connectivity index (χ0) is 29.9. The van der Waals surface area contributed by atoms with Crippen LogP contribution in [-0.2, 0) is 21.1 Å². The molecule has 8 aromatic rings. The van der Waals surface area contributed by atoms with Crippen molar-refractivity contribution in [2.24, 2.45) is 0 Å². The number of fused-ring (bicyclic) bond motifs is 6. The molecule has 226 valence electrons. The number of para-hydroxylation sites is 2. The van der Waals surface area contributed by atoms with Gasteiger partial charge in [0, 0.05) is 66.8 Å².